The number of halogens is 1. The summed E-state index contributed by atoms with van der Waals surface area (Å²) in [6, 6.07) is 5.32. The molecule has 0 aliphatic carbocycles. The van der Waals surface area contributed by atoms with E-state index in [0.29, 0.717) is 22.8 Å². The van der Waals surface area contributed by atoms with Gasteiger partial charge in [-0.3, -0.25) is 4.79 Å². The van der Waals surface area contributed by atoms with Crippen molar-refractivity contribution in [2.75, 3.05) is 6.61 Å². The monoisotopic (exact) mass is 384 g/mol. The van der Waals surface area contributed by atoms with Crippen molar-refractivity contribution in [3.05, 3.63) is 62.4 Å². The summed E-state index contributed by atoms with van der Waals surface area (Å²) in [5.41, 5.74) is 4.84. The van der Waals surface area contributed by atoms with Crippen LogP contribution in [0.1, 0.15) is 47.5 Å². The molecular formula is C20H21ClN4O2. The molecule has 2 atom stereocenters. The molecule has 1 fully saturated rings. The fraction of sp³-hybridized carbons (Fsp3) is 0.400. The Balaban J connectivity index is 1.67. The zero-order valence-electron chi connectivity index (χ0n) is 15.6. The summed E-state index contributed by atoms with van der Waals surface area (Å²) in [5.74, 6) is 0.214. The number of aryl methyl sites for hydroxylation is 3. The SMILES string of the molecule is Cc1nc2nc(C3CCOC(c4ccc(=O)n(C)c4)C3)cc(Cl)c2nc1C. The number of rotatable bonds is 2. The number of pyridine rings is 2. The maximum atomic E-state index is 11.6. The van der Waals surface area contributed by atoms with Gasteiger partial charge in [0.1, 0.15) is 5.52 Å². The molecule has 0 amide bonds. The minimum absolute atomic E-state index is 0.0293. The van der Waals surface area contributed by atoms with Crippen LogP contribution in [-0.2, 0) is 11.8 Å². The molecule has 0 N–H and O–H groups in total. The lowest BCUT2D eigenvalue weighted by atomic mass is 9.89. The van der Waals surface area contributed by atoms with Crippen molar-refractivity contribution < 1.29 is 4.74 Å². The molecule has 2 unspecified atom stereocenters. The smallest absolute Gasteiger partial charge is 0.250 e. The Kier molecular flexibility index (Phi) is 4.70. The first-order valence-electron chi connectivity index (χ1n) is 9.02. The van der Waals surface area contributed by atoms with Crippen molar-refractivity contribution in [2.45, 2.75) is 38.7 Å². The molecule has 0 saturated carbocycles. The van der Waals surface area contributed by atoms with Gasteiger partial charge in [0, 0.05) is 37.5 Å². The average molecular weight is 385 g/mol. The third-order valence-corrected chi connectivity index (χ3v) is 5.50. The molecule has 4 rings (SSSR count). The number of ether oxygens (including phenoxy) is 1. The lowest BCUT2D eigenvalue weighted by Crippen LogP contribution is -2.22. The summed E-state index contributed by atoms with van der Waals surface area (Å²) in [6.45, 7) is 4.48. The van der Waals surface area contributed by atoms with Gasteiger partial charge in [-0.15, -0.1) is 0 Å². The Labute approximate surface area is 162 Å². The molecule has 1 saturated heterocycles. The minimum atomic E-state index is -0.0716. The highest BCUT2D eigenvalue weighted by Crippen LogP contribution is 2.38. The standard InChI is InChI=1S/C20H21ClN4O2/c1-11-12(2)23-20-19(22-11)15(21)9-16(24-20)13-6-7-27-17(8-13)14-4-5-18(26)25(3)10-14/h4-5,9-10,13,17H,6-8H2,1-3H3. The largest absolute Gasteiger partial charge is 0.373 e. The van der Waals surface area contributed by atoms with Gasteiger partial charge >= 0.3 is 0 Å². The van der Waals surface area contributed by atoms with Crippen LogP contribution < -0.4 is 5.56 Å². The maximum absolute atomic E-state index is 11.6. The highest BCUT2D eigenvalue weighted by molar-refractivity contribution is 6.34. The van der Waals surface area contributed by atoms with Crippen molar-refractivity contribution in [3.63, 3.8) is 0 Å². The van der Waals surface area contributed by atoms with E-state index in [1.807, 2.05) is 32.2 Å². The van der Waals surface area contributed by atoms with Crippen LogP contribution in [0.2, 0.25) is 5.02 Å². The second-order valence-electron chi connectivity index (χ2n) is 7.09. The van der Waals surface area contributed by atoms with Crippen molar-refractivity contribution in [2.24, 2.45) is 7.05 Å². The molecule has 6 nitrogen and oxygen atoms in total. The molecule has 4 heterocycles. The molecule has 0 bridgehead atoms. The lowest BCUT2D eigenvalue weighted by Gasteiger charge is -2.29. The van der Waals surface area contributed by atoms with Gasteiger partial charge in [-0.2, -0.15) is 0 Å². The van der Waals surface area contributed by atoms with Gasteiger partial charge in [0.05, 0.1) is 22.5 Å². The molecule has 1 aliphatic heterocycles. The Hall–Kier alpha value is -2.31. The maximum Gasteiger partial charge on any atom is 0.250 e. The predicted octanol–water partition coefficient (Wildman–Crippen LogP) is 3.63. The molecule has 7 heteroatoms. The molecule has 27 heavy (non-hydrogen) atoms. The Morgan fingerprint density at radius 1 is 1.19 bits per heavy atom. The zero-order chi connectivity index (χ0) is 19.1. The topological polar surface area (TPSA) is 69.9 Å². The van der Waals surface area contributed by atoms with E-state index in [9.17, 15) is 4.79 Å². The van der Waals surface area contributed by atoms with E-state index < -0.39 is 0 Å². The number of hydrogen-bond donors (Lipinski definition) is 0. The van der Waals surface area contributed by atoms with Crippen molar-refractivity contribution in [1.29, 1.82) is 0 Å². The number of nitrogens with zero attached hydrogens (tertiary/aromatic N) is 4. The van der Waals surface area contributed by atoms with E-state index in [0.717, 1.165) is 35.5 Å². The molecule has 140 valence electrons. The predicted molar refractivity (Wildman–Crippen MR) is 104 cm³/mol. The molecule has 3 aromatic rings. The van der Waals surface area contributed by atoms with Gasteiger partial charge in [-0.05, 0) is 44.4 Å². The third kappa shape index (κ3) is 3.47. The van der Waals surface area contributed by atoms with Gasteiger partial charge in [-0.25, -0.2) is 15.0 Å². The summed E-state index contributed by atoms with van der Waals surface area (Å²) in [5, 5.41) is 0.579. The van der Waals surface area contributed by atoms with Crippen LogP contribution in [0.4, 0.5) is 0 Å². The number of fused-ring (bicyclic) bond motifs is 1. The van der Waals surface area contributed by atoms with E-state index in [1.165, 1.54) is 0 Å². The highest BCUT2D eigenvalue weighted by Gasteiger charge is 2.27. The second kappa shape index (κ2) is 7.02. The average Bonchev–Trinajstić information content (AvgIpc) is 2.65. The van der Waals surface area contributed by atoms with E-state index in [4.69, 9.17) is 21.3 Å². The number of aromatic nitrogens is 4. The summed E-state index contributed by atoms with van der Waals surface area (Å²) in [4.78, 5) is 25.5. The first-order chi connectivity index (χ1) is 12.9. The highest BCUT2D eigenvalue weighted by atomic mass is 35.5. The van der Waals surface area contributed by atoms with Crippen LogP contribution in [0, 0.1) is 13.8 Å². The minimum Gasteiger partial charge on any atom is -0.373 e. The molecule has 0 radical (unpaired) electrons. The third-order valence-electron chi connectivity index (χ3n) is 5.21. The molecule has 3 aromatic heterocycles. The van der Waals surface area contributed by atoms with Crippen LogP contribution in [0.3, 0.4) is 0 Å². The van der Waals surface area contributed by atoms with Crippen LogP contribution in [0.25, 0.3) is 11.2 Å². The van der Waals surface area contributed by atoms with Crippen molar-refractivity contribution >= 4 is 22.8 Å². The van der Waals surface area contributed by atoms with Crippen molar-refractivity contribution in [3.8, 4) is 0 Å². The summed E-state index contributed by atoms with van der Waals surface area (Å²) in [7, 11) is 1.75. The summed E-state index contributed by atoms with van der Waals surface area (Å²) >= 11 is 6.49. The summed E-state index contributed by atoms with van der Waals surface area (Å²) < 4.78 is 7.54. The van der Waals surface area contributed by atoms with Crippen molar-refractivity contribution in [1.82, 2.24) is 19.5 Å². The Morgan fingerprint density at radius 3 is 2.74 bits per heavy atom. The van der Waals surface area contributed by atoms with Crippen LogP contribution in [0.15, 0.2) is 29.2 Å². The van der Waals surface area contributed by atoms with E-state index in [1.54, 1.807) is 17.7 Å². The normalized spacial score (nSPS) is 20.1. The molecular weight excluding hydrogens is 364 g/mol. The summed E-state index contributed by atoms with van der Waals surface area (Å²) in [6.07, 6.45) is 3.42. The fourth-order valence-corrected chi connectivity index (χ4v) is 3.73. The molecule has 0 aromatic carbocycles. The quantitative estimate of drug-likeness (QED) is 0.674. The van der Waals surface area contributed by atoms with Gasteiger partial charge < -0.3 is 9.30 Å². The second-order valence-corrected chi connectivity index (χ2v) is 7.50. The zero-order valence-corrected chi connectivity index (χ0v) is 16.3. The van der Waals surface area contributed by atoms with Gasteiger partial charge in [-0.1, -0.05) is 11.6 Å². The van der Waals surface area contributed by atoms with E-state index >= 15 is 0 Å². The molecule has 0 spiro atoms. The van der Waals surface area contributed by atoms with Gasteiger partial charge in [0.25, 0.3) is 0 Å². The fourth-order valence-electron chi connectivity index (χ4n) is 3.49. The molecule has 1 aliphatic rings. The first-order valence-corrected chi connectivity index (χ1v) is 9.39. The Morgan fingerprint density at radius 2 is 1.96 bits per heavy atom. The Bertz CT molecular complexity index is 1080. The van der Waals surface area contributed by atoms with Crippen LogP contribution in [-0.4, -0.2) is 26.1 Å². The van der Waals surface area contributed by atoms with Crippen LogP contribution in [0.5, 0.6) is 0 Å². The van der Waals surface area contributed by atoms with Gasteiger partial charge in [0.15, 0.2) is 5.65 Å². The van der Waals surface area contributed by atoms with Gasteiger partial charge in [0.2, 0.25) is 5.56 Å². The first kappa shape index (κ1) is 18.1. The number of hydrogen-bond acceptors (Lipinski definition) is 5. The lowest BCUT2D eigenvalue weighted by molar-refractivity contribution is 0.00431. The van der Waals surface area contributed by atoms with Crippen LogP contribution >= 0.6 is 11.6 Å². The van der Waals surface area contributed by atoms with E-state index in [2.05, 4.69) is 9.97 Å². The van der Waals surface area contributed by atoms with E-state index in [-0.39, 0.29) is 17.6 Å².